The SMILES string of the molecule is CN=C(NCC1CN(C)CCO1)NC(C)c1ccc(CC(C)C)cc1.I. The van der Waals surface area contributed by atoms with Crippen molar-refractivity contribution in [2.75, 3.05) is 40.3 Å². The van der Waals surface area contributed by atoms with Gasteiger partial charge in [-0.25, -0.2) is 0 Å². The van der Waals surface area contributed by atoms with Crippen molar-refractivity contribution >= 4 is 29.9 Å². The monoisotopic (exact) mass is 474 g/mol. The molecule has 2 N–H and O–H groups in total. The smallest absolute Gasteiger partial charge is 0.191 e. The predicted molar refractivity (Wildman–Crippen MR) is 121 cm³/mol. The summed E-state index contributed by atoms with van der Waals surface area (Å²) >= 11 is 0. The summed E-state index contributed by atoms with van der Waals surface area (Å²) in [5, 5.41) is 6.85. The number of nitrogens with zero attached hydrogens (tertiary/aromatic N) is 2. The van der Waals surface area contributed by atoms with Crippen molar-refractivity contribution in [1.82, 2.24) is 15.5 Å². The highest BCUT2D eigenvalue weighted by molar-refractivity contribution is 14.0. The second-order valence-corrected chi connectivity index (χ2v) is 7.41. The van der Waals surface area contributed by atoms with Gasteiger partial charge in [0.2, 0.25) is 0 Å². The third-order valence-corrected chi connectivity index (χ3v) is 4.54. The lowest BCUT2D eigenvalue weighted by Crippen LogP contribution is -2.48. The van der Waals surface area contributed by atoms with Gasteiger partial charge >= 0.3 is 0 Å². The molecule has 0 radical (unpaired) electrons. The standard InChI is InChI=1S/C20H34N4O.HI/c1-15(2)12-17-6-8-18(9-7-17)16(3)23-20(21-4)22-13-19-14-24(5)10-11-25-19;/h6-9,15-16,19H,10-14H2,1-5H3,(H2,21,22,23);1H. The van der Waals surface area contributed by atoms with Crippen LogP contribution in [0.3, 0.4) is 0 Å². The zero-order chi connectivity index (χ0) is 18.2. The molecule has 0 aliphatic carbocycles. The van der Waals surface area contributed by atoms with Gasteiger partial charge in [0, 0.05) is 26.7 Å². The van der Waals surface area contributed by atoms with E-state index in [1.54, 1.807) is 0 Å². The van der Waals surface area contributed by atoms with E-state index in [2.05, 4.69) is 72.6 Å². The summed E-state index contributed by atoms with van der Waals surface area (Å²) in [6.45, 7) is 10.2. The van der Waals surface area contributed by atoms with E-state index in [0.29, 0.717) is 5.92 Å². The molecule has 2 atom stereocenters. The van der Waals surface area contributed by atoms with Crippen LogP contribution in [0.1, 0.15) is 37.9 Å². The van der Waals surface area contributed by atoms with Gasteiger partial charge in [-0.2, -0.15) is 0 Å². The Bertz CT molecular complexity index is 547. The van der Waals surface area contributed by atoms with Crippen molar-refractivity contribution in [2.45, 2.75) is 39.3 Å². The number of nitrogens with one attached hydrogen (secondary N) is 2. The minimum absolute atomic E-state index is 0. The average Bonchev–Trinajstić information content (AvgIpc) is 2.58. The molecule has 0 spiro atoms. The summed E-state index contributed by atoms with van der Waals surface area (Å²) in [7, 11) is 3.94. The molecular weight excluding hydrogens is 439 g/mol. The third kappa shape index (κ3) is 7.80. The van der Waals surface area contributed by atoms with Crippen LogP contribution in [0.2, 0.25) is 0 Å². The van der Waals surface area contributed by atoms with Gasteiger partial charge in [0.05, 0.1) is 18.8 Å². The lowest BCUT2D eigenvalue weighted by Gasteiger charge is -2.30. The van der Waals surface area contributed by atoms with Crippen molar-refractivity contribution in [3.8, 4) is 0 Å². The van der Waals surface area contributed by atoms with Crippen molar-refractivity contribution in [3.63, 3.8) is 0 Å². The third-order valence-electron chi connectivity index (χ3n) is 4.54. The highest BCUT2D eigenvalue weighted by atomic mass is 127. The van der Waals surface area contributed by atoms with E-state index in [0.717, 1.165) is 38.6 Å². The van der Waals surface area contributed by atoms with Crippen LogP contribution in [-0.2, 0) is 11.2 Å². The Hall–Kier alpha value is -0.860. The molecule has 1 saturated heterocycles. The van der Waals surface area contributed by atoms with Crippen LogP contribution in [0.5, 0.6) is 0 Å². The number of hydrogen-bond donors (Lipinski definition) is 2. The molecule has 6 heteroatoms. The summed E-state index contributed by atoms with van der Waals surface area (Å²) in [4.78, 5) is 6.64. The van der Waals surface area contributed by atoms with Crippen LogP contribution < -0.4 is 10.6 Å². The zero-order valence-corrected chi connectivity index (χ0v) is 19.1. The summed E-state index contributed by atoms with van der Waals surface area (Å²) in [6, 6.07) is 9.09. The number of benzene rings is 1. The molecule has 26 heavy (non-hydrogen) atoms. The van der Waals surface area contributed by atoms with E-state index in [1.807, 2.05) is 7.05 Å². The first-order chi connectivity index (χ1) is 12.0. The molecule has 1 aliphatic rings. The molecule has 1 aromatic rings. The van der Waals surface area contributed by atoms with E-state index in [-0.39, 0.29) is 36.1 Å². The Labute approximate surface area is 176 Å². The van der Waals surface area contributed by atoms with Crippen LogP contribution in [0.4, 0.5) is 0 Å². The summed E-state index contributed by atoms with van der Waals surface area (Å²) in [5.74, 6) is 1.50. The predicted octanol–water partition coefficient (Wildman–Crippen LogP) is 3.06. The number of rotatable bonds is 6. The molecule has 1 aromatic carbocycles. The average molecular weight is 474 g/mol. The van der Waals surface area contributed by atoms with Gasteiger partial charge in [-0.05, 0) is 37.4 Å². The van der Waals surface area contributed by atoms with E-state index in [9.17, 15) is 0 Å². The molecule has 148 valence electrons. The van der Waals surface area contributed by atoms with Gasteiger partial charge in [-0.15, -0.1) is 24.0 Å². The van der Waals surface area contributed by atoms with Gasteiger partial charge in [-0.3, -0.25) is 4.99 Å². The largest absolute Gasteiger partial charge is 0.374 e. The number of likely N-dealkylation sites (N-methyl/N-ethyl adjacent to an activating group) is 1. The van der Waals surface area contributed by atoms with Crippen molar-refractivity contribution < 1.29 is 4.74 Å². The Morgan fingerprint density at radius 2 is 1.96 bits per heavy atom. The normalized spacial score (nSPS) is 19.8. The lowest BCUT2D eigenvalue weighted by atomic mass is 10.00. The van der Waals surface area contributed by atoms with Gasteiger partial charge in [-0.1, -0.05) is 38.1 Å². The molecule has 1 heterocycles. The Morgan fingerprint density at radius 3 is 2.54 bits per heavy atom. The molecule has 1 fully saturated rings. The molecular formula is C20H35IN4O. The molecule has 0 bridgehead atoms. The van der Waals surface area contributed by atoms with Crippen LogP contribution in [0, 0.1) is 5.92 Å². The number of aliphatic imine (C=N–C) groups is 1. The summed E-state index contributed by atoms with van der Waals surface area (Å²) in [6.07, 6.45) is 1.34. The van der Waals surface area contributed by atoms with Crippen LogP contribution >= 0.6 is 24.0 Å². The fourth-order valence-corrected chi connectivity index (χ4v) is 3.10. The van der Waals surface area contributed by atoms with Gasteiger partial charge in [0.15, 0.2) is 5.96 Å². The number of guanidine groups is 1. The maximum atomic E-state index is 5.79. The molecule has 0 saturated carbocycles. The van der Waals surface area contributed by atoms with Gasteiger partial charge < -0.3 is 20.3 Å². The molecule has 2 unspecified atom stereocenters. The first-order valence-electron chi connectivity index (χ1n) is 9.34. The minimum Gasteiger partial charge on any atom is -0.374 e. The number of ether oxygens (including phenoxy) is 1. The maximum Gasteiger partial charge on any atom is 0.191 e. The molecule has 0 aromatic heterocycles. The first-order valence-corrected chi connectivity index (χ1v) is 9.34. The second kappa shape index (κ2) is 11.8. The zero-order valence-electron chi connectivity index (χ0n) is 16.8. The van der Waals surface area contributed by atoms with Crippen LogP contribution in [-0.4, -0.2) is 57.3 Å². The molecule has 0 amide bonds. The summed E-state index contributed by atoms with van der Waals surface area (Å²) < 4.78 is 5.79. The maximum absolute atomic E-state index is 5.79. The Morgan fingerprint density at radius 1 is 1.27 bits per heavy atom. The van der Waals surface area contributed by atoms with Crippen LogP contribution in [0.15, 0.2) is 29.3 Å². The first kappa shape index (κ1) is 23.2. The number of hydrogen-bond acceptors (Lipinski definition) is 3. The fourth-order valence-electron chi connectivity index (χ4n) is 3.10. The quantitative estimate of drug-likeness (QED) is 0.378. The van der Waals surface area contributed by atoms with Crippen molar-refractivity contribution in [3.05, 3.63) is 35.4 Å². The highest BCUT2D eigenvalue weighted by Gasteiger charge is 2.18. The number of morpholine rings is 1. The van der Waals surface area contributed by atoms with Crippen molar-refractivity contribution in [1.29, 1.82) is 0 Å². The van der Waals surface area contributed by atoms with E-state index in [4.69, 9.17) is 4.74 Å². The van der Waals surface area contributed by atoms with E-state index in [1.165, 1.54) is 11.1 Å². The topological polar surface area (TPSA) is 48.9 Å². The molecule has 5 nitrogen and oxygen atoms in total. The van der Waals surface area contributed by atoms with E-state index >= 15 is 0 Å². The van der Waals surface area contributed by atoms with Gasteiger partial charge in [0.25, 0.3) is 0 Å². The van der Waals surface area contributed by atoms with Crippen molar-refractivity contribution in [2.24, 2.45) is 10.9 Å². The Balaban J connectivity index is 0.00000338. The second-order valence-electron chi connectivity index (χ2n) is 7.41. The van der Waals surface area contributed by atoms with Crippen LogP contribution in [0.25, 0.3) is 0 Å². The Kier molecular flexibility index (Phi) is 10.5. The lowest BCUT2D eigenvalue weighted by molar-refractivity contribution is -0.0161. The number of halogens is 1. The minimum atomic E-state index is 0. The van der Waals surface area contributed by atoms with Gasteiger partial charge in [0.1, 0.15) is 0 Å². The fraction of sp³-hybridized carbons (Fsp3) is 0.650. The van der Waals surface area contributed by atoms with E-state index < -0.39 is 0 Å². The summed E-state index contributed by atoms with van der Waals surface area (Å²) in [5.41, 5.74) is 2.66. The molecule has 2 rings (SSSR count). The highest BCUT2D eigenvalue weighted by Crippen LogP contribution is 2.15. The molecule has 1 aliphatic heterocycles.